The lowest BCUT2D eigenvalue weighted by Crippen LogP contribution is -2.47. The Labute approximate surface area is 186 Å². The molecular formula is C21H26IN3O3S. The van der Waals surface area contributed by atoms with Gasteiger partial charge in [-0.3, -0.25) is 0 Å². The van der Waals surface area contributed by atoms with E-state index in [1.807, 2.05) is 36.4 Å². The molecule has 2 aromatic rings. The van der Waals surface area contributed by atoms with Crippen molar-refractivity contribution in [2.75, 3.05) is 18.4 Å². The number of rotatable bonds is 6. The molecule has 29 heavy (non-hydrogen) atoms. The van der Waals surface area contributed by atoms with Gasteiger partial charge in [0.1, 0.15) is 0 Å². The molecule has 0 spiro atoms. The zero-order valence-electron chi connectivity index (χ0n) is 16.4. The van der Waals surface area contributed by atoms with Gasteiger partial charge in [0.25, 0.3) is 0 Å². The normalized spacial score (nSPS) is 15.3. The van der Waals surface area contributed by atoms with Crippen LogP contribution in [0.15, 0.2) is 53.4 Å². The van der Waals surface area contributed by atoms with Gasteiger partial charge in [-0.1, -0.05) is 25.5 Å². The second-order valence-corrected chi connectivity index (χ2v) is 10.2. The topological polar surface area (TPSA) is 78.5 Å². The molecule has 1 aliphatic rings. The quantitative estimate of drug-likeness (QED) is 0.553. The van der Waals surface area contributed by atoms with E-state index in [0.29, 0.717) is 25.9 Å². The SMILES string of the molecule is CCCc1ccc(S(=O)(=O)NC2CCN(C(=O)Nc3ccc(I)cc3)CC2)cc1. The van der Waals surface area contributed by atoms with Crippen molar-refractivity contribution < 1.29 is 13.2 Å². The number of carbonyl (C=O) groups is 1. The van der Waals surface area contributed by atoms with Crippen LogP contribution >= 0.6 is 22.6 Å². The molecular weight excluding hydrogens is 501 g/mol. The summed E-state index contributed by atoms with van der Waals surface area (Å²) in [6.45, 7) is 3.12. The lowest BCUT2D eigenvalue weighted by atomic mass is 10.1. The third-order valence-corrected chi connectivity index (χ3v) is 7.23. The van der Waals surface area contributed by atoms with E-state index < -0.39 is 10.0 Å². The van der Waals surface area contributed by atoms with Gasteiger partial charge in [-0.05, 0) is 83.8 Å². The number of hydrogen-bond donors (Lipinski definition) is 2. The summed E-state index contributed by atoms with van der Waals surface area (Å²) < 4.78 is 29.2. The number of benzene rings is 2. The highest BCUT2D eigenvalue weighted by molar-refractivity contribution is 14.1. The lowest BCUT2D eigenvalue weighted by Gasteiger charge is -2.32. The van der Waals surface area contributed by atoms with Gasteiger partial charge in [0.2, 0.25) is 10.0 Å². The Morgan fingerprint density at radius 3 is 2.28 bits per heavy atom. The van der Waals surface area contributed by atoms with Gasteiger partial charge in [0.05, 0.1) is 4.90 Å². The Balaban J connectivity index is 1.52. The van der Waals surface area contributed by atoms with Gasteiger partial charge < -0.3 is 10.2 Å². The summed E-state index contributed by atoms with van der Waals surface area (Å²) in [5.41, 5.74) is 1.89. The maximum absolute atomic E-state index is 12.6. The van der Waals surface area contributed by atoms with E-state index in [1.54, 1.807) is 17.0 Å². The number of likely N-dealkylation sites (tertiary alicyclic amines) is 1. The fourth-order valence-corrected chi connectivity index (χ4v) is 5.01. The highest BCUT2D eigenvalue weighted by Crippen LogP contribution is 2.18. The van der Waals surface area contributed by atoms with Crippen LogP contribution in [0, 0.1) is 3.57 Å². The Kier molecular flexibility index (Phi) is 7.53. The first-order valence-electron chi connectivity index (χ1n) is 9.80. The molecule has 156 valence electrons. The monoisotopic (exact) mass is 527 g/mol. The molecule has 0 aromatic heterocycles. The summed E-state index contributed by atoms with van der Waals surface area (Å²) in [4.78, 5) is 14.4. The smallest absolute Gasteiger partial charge is 0.321 e. The molecule has 8 heteroatoms. The minimum atomic E-state index is -3.55. The van der Waals surface area contributed by atoms with Crippen molar-refractivity contribution in [3.8, 4) is 0 Å². The van der Waals surface area contributed by atoms with Crippen LogP contribution in [-0.2, 0) is 16.4 Å². The fraction of sp³-hybridized carbons (Fsp3) is 0.381. The highest BCUT2D eigenvalue weighted by atomic mass is 127. The number of sulfonamides is 1. The molecule has 3 rings (SSSR count). The van der Waals surface area contributed by atoms with Crippen molar-refractivity contribution in [3.63, 3.8) is 0 Å². The van der Waals surface area contributed by atoms with E-state index in [0.717, 1.165) is 27.7 Å². The van der Waals surface area contributed by atoms with Gasteiger partial charge in [-0.2, -0.15) is 0 Å². The van der Waals surface area contributed by atoms with Gasteiger partial charge in [0.15, 0.2) is 0 Å². The number of carbonyl (C=O) groups excluding carboxylic acids is 1. The Morgan fingerprint density at radius 2 is 1.69 bits per heavy atom. The first-order chi connectivity index (χ1) is 13.9. The van der Waals surface area contributed by atoms with Crippen LogP contribution in [0.2, 0.25) is 0 Å². The van der Waals surface area contributed by atoms with Crippen LogP contribution in [0.4, 0.5) is 10.5 Å². The minimum absolute atomic E-state index is 0.154. The molecule has 0 bridgehead atoms. The molecule has 2 amide bonds. The maximum atomic E-state index is 12.6. The molecule has 1 fully saturated rings. The molecule has 0 unspecified atom stereocenters. The van der Waals surface area contributed by atoms with Crippen LogP contribution in [0.3, 0.4) is 0 Å². The van der Waals surface area contributed by atoms with E-state index in [2.05, 4.69) is 39.6 Å². The second-order valence-electron chi connectivity index (χ2n) is 7.21. The molecule has 1 saturated heterocycles. The number of hydrogen-bond acceptors (Lipinski definition) is 3. The van der Waals surface area contributed by atoms with E-state index in [9.17, 15) is 13.2 Å². The standard InChI is InChI=1S/C21H26IN3O3S/c1-2-3-16-4-10-20(11-5-16)29(27,28)24-19-12-14-25(15-13-19)21(26)23-18-8-6-17(22)7-9-18/h4-11,19,24H,2-3,12-15H2,1H3,(H,23,26). The largest absolute Gasteiger partial charge is 0.324 e. The number of halogens is 1. The summed E-state index contributed by atoms with van der Waals surface area (Å²) in [6, 6.07) is 14.4. The number of nitrogens with one attached hydrogen (secondary N) is 2. The van der Waals surface area contributed by atoms with Crippen molar-refractivity contribution in [2.45, 2.75) is 43.5 Å². The van der Waals surface area contributed by atoms with Gasteiger partial charge in [-0.25, -0.2) is 17.9 Å². The summed E-state index contributed by atoms with van der Waals surface area (Å²) in [5.74, 6) is 0. The van der Waals surface area contributed by atoms with Gasteiger partial charge in [0, 0.05) is 28.4 Å². The number of piperidine rings is 1. The Bertz CT molecular complexity index is 923. The van der Waals surface area contributed by atoms with Crippen molar-refractivity contribution in [1.82, 2.24) is 9.62 Å². The fourth-order valence-electron chi connectivity index (χ4n) is 3.35. The molecule has 2 N–H and O–H groups in total. The number of urea groups is 1. The maximum Gasteiger partial charge on any atom is 0.321 e. The van der Waals surface area contributed by atoms with E-state index in [-0.39, 0.29) is 17.0 Å². The van der Waals surface area contributed by atoms with Crippen LogP contribution in [0.25, 0.3) is 0 Å². The summed E-state index contributed by atoms with van der Waals surface area (Å²) in [6.07, 6.45) is 3.15. The van der Waals surface area contributed by atoms with Crippen molar-refractivity contribution in [1.29, 1.82) is 0 Å². The van der Waals surface area contributed by atoms with Crippen LogP contribution in [0.5, 0.6) is 0 Å². The predicted molar refractivity (Wildman–Crippen MR) is 124 cm³/mol. The molecule has 0 aliphatic carbocycles. The molecule has 0 saturated carbocycles. The van der Waals surface area contributed by atoms with Crippen LogP contribution in [0.1, 0.15) is 31.7 Å². The van der Waals surface area contributed by atoms with E-state index in [4.69, 9.17) is 0 Å². The summed E-state index contributed by atoms with van der Waals surface area (Å²) in [7, 11) is -3.55. The van der Waals surface area contributed by atoms with Crippen LogP contribution in [-0.4, -0.2) is 38.5 Å². The van der Waals surface area contributed by atoms with Crippen molar-refractivity contribution >= 4 is 44.3 Å². The molecule has 1 heterocycles. The minimum Gasteiger partial charge on any atom is -0.324 e. The molecule has 0 atom stereocenters. The Hall–Kier alpha value is -1.65. The Morgan fingerprint density at radius 1 is 1.07 bits per heavy atom. The number of nitrogens with zero attached hydrogens (tertiary/aromatic N) is 1. The van der Waals surface area contributed by atoms with Gasteiger partial charge >= 0.3 is 6.03 Å². The lowest BCUT2D eigenvalue weighted by molar-refractivity contribution is 0.193. The molecule has 0 radical (unpaired) electrons. The average Bonchev–Trinajstić information content (AvgIpc) is 2.71. The first-order valence-corrected chi connectivity index (χ1v) is 12.4. The summed E-state index contributed by atoms with van der Waals surface area (Å²) in [5, 5.41) is 2.89. The third-order valence-electron chi connectivity index (χ3n) is 4.97. The second kappa shape index (κ2) is 9.90. The number of amides is 2. The van der Waals surface area contributed by atoms with Crippen LogP contribution < -0.4 is 10.0 Å². The average molecular weight is 527 g/mol. The zero-order valence-corrected chi connectivity index (χ0v) is 19.4. The molecule has 6 nitrogen and oxygen atoms in total. The van der Waals surface area contributed by atoms with Crippen molar-refractivity contribution in [2.24, 2.45) is 0 Å². The summed E-state index contributed by atoms with van der Waals surface area (Å²) >= 11 is 2.22. The van der Waals surface area contributed by atoms with Crippen molar-refractivity contribution in [3.05, 3.63) is 57.7 Å². The first kappa shape index (κ1) is 22.0. The van der Waals surface area contributed by atoms with Gasteiger partial charge in [-0.15, -0.1) is 0 Å². The third kappa shape index (κ3) is 6.16. The molecule has 1 aliphatic heterocycles. The number of aryl methyl sites for hydroxylation is 1. The number of anilines is 1. The highest BCUT2D eigenvalue weighted by Gasteiger charge is 2.26. The predicted octanol–water partition coefficient (Wildman–Crippen LogP) is 4.22. The zero-order chi connectivity index (χ0) is 20.9. The van der Waals surface area contributed by atoms with E-state index >= 15 is 0 Å². The van der Waals surface area contributed by atoms with E-state index in [1.165, 1.54) is 0 Å². The molecule has 2 aromatic carbocycles.